The van der Waals surface area contributed by atoms with Crippen molar-refractivity contribution in [1.29, 1.82) is 0 Å². The lowest BCUT2D eigenvalue weighted by atomic mass is 10.2. The Kier molecular flexibility index (Phi) is 3.80. The molecule has 0 saturated heterocycles. The summed E-state index contributed by atoms with van der Waals surface area (Å²) >= 11 is 3.14. The van der Waals surface area contributed by atoms with E-state index in [9.17, 15) is 9.18 Å². The first-order valence-corrected chi connectivity index (χ1v) is 6.09. The molecule has 0 aliphatic rings. The third kappa shape index (κ3) is 3.51. The molecule has 4 nitrogen and oxygen atoms in total. The zero-order chi connectivity index (χ0) is 14.0. The molecule has 0 unspecified atom stereocenters. The summed E-state index contributed by atoms with van der Waals surface area (Å²) in [5.74, 6) is -1.19. The Hall–Kier alpha value is -1.95. The molecule has 2 rings (SSSR count). The van der Waals surface area contributed by atoms with Gasteiger partial charge in [-0.3, -0.25) is 0 Å². The molecular formula is C13H9BrFNO3. The highest BCUT2D eigenvalue weighted by molar-refractivity contribution is 9.10. The summed E-state index contributed by atoms with van der Waals surface area (Å²) in [6.45, 7) is 1.65. The maximum atomic E-state index is 13.2. The van der Waals surface area contributed by atoms with Crippen molar-refractivity contribution in [2.45, 2.75) is 6.92 Å². The molecule has 1 aromatic carbocycles. The van der Waals surface area contributed by atoms with Gasteiger partial charge in [-0.05, 0) is 25.1 Å². The van der Waals surface area contributed by atoms with Gasteiger partial charge >= 0.3 is 5.97 Å². The van der Waals surface area contributed by atoms with Crippen LogP contribution in [-0.2, 0) is 0 Å². The number of pyridine rings is 1. The van der Waals surface area contributed by atoms with E-state index in [1.54, 1.807) is 13.0 Å². The Labute approximate surface area is 117 Å². The Balaban J connectivity index is 2.35. The first-order valence-electron chi connectivity index (χ1n) is 5.30. The van der Waals surface area contributed by atoms with Gasteiger partial charge in [-0.25, -0.2) is 14.2 Å². The number of aromatic nitrogens is 1. The van der Waals surface area contributed by atoms with Gasteiger partial charge in [-0.1, -0.05) is 15.9 Å². The quantitative estimate of drug-likeness (QED) is 0.932. The number of carboxylic acids is 1. The number of hydrogen-bond acceptors (Lipinski definition) is 3. The number of halogens is 2. The number of rotatable bonds is 3. The minimum atomic E-state index is -1.07. The summed E-state index contributed by atoms with van der Waals surface area (Å²) in [6.07, 6.45) is 0. The van der Waals surface area contributed by atoms with E-state index in [0.717, 1.165) is 0 Å². The highest BCUT2D eigenvalue weighted by Gasteiger charge is 2.09. The van der Waals surface area contributed by atoms with Crippen LogP contribution in [0.3, 0.4) is 0 Å². The zero-order valence-corrected chi connectivity index (χ0v) is 11.4. The van der Waals surface area contributed by atoms with E-state index in [0.29, 0.717) is 10.2 Å². The standard InChI is InChI=1S/C13H9BrFNO3/c1-7-2-8(13(17)18)3-12(16-7)19-11-5-9(14)4-10(15)6-11/h2-6H,1H3,(H,17,18). The fraction of sp³-hybridized carbons (Fsp3) is 0.0769. The van der Waals surface area contributed by atoms with Crippen molar-refractivity contribution in [1.82, 2.24) is 4.98 Å². The molecule has 0 bridgehead atoms. The minimum Gasteiger partial charge on any atom is -0.478 e. The van der Waals surface area contributed by atoms with E-state index < -0.39 is 11.8 Å². The first-order chi connectivity index (χ1) is 8.94. The Morgan fingerprint density at radius 1 is 1.32 bits per heavy atom. The van der Waals surface area contributed by atoms with E-state index >= 15 is 0 Å². The normalized spacial score (nSPS) is 10.3. The highest BCUT2D eigenvalue weighted by atomic mass is 79.9. The fourth-order valence-electron chi connectivity index (χ4n) is 1.52. The van der Waals surface area contributed by atoms with Gasteiger partial charge in [0.05, 0.1) is 5.56 Å². The number of hydrogen-bond donors (Lipinski definition) is 1. The second-order valence-electron chi connectivity index (χ2n) is 3.85. The topological polar surface area (TPSA) is 59.4 Å². The van der Waals surface area contributed by atoms with Crippen LogP contribution < -0.4 is 4.74 Å². The number of aromatic carboxylic acids is 1. The molecule has 0 aliphatic heterocycles. The molecule has 0 fully saturated rings. The van der Waals surface area contributed by atoms with Crippen LogP contribution in [0.4, 0.5) is 4.39 Å². The van der Waals surface area contributed by atoms with Gasteiger partial charge in [0.25, 0.3) is 0 Å². The molecule has 0 spiro atoms. The summed E-state index contributed by atoms with van der Waals surface area (Å²) in [7, 11) is 0. The zero-order valence-electron chi connectivity index (χ0n) is 9.85. The third-order valence-electron chi connectivity index (χ3n) is 2.24. The van der Waals surface area contributed by atoms with Crippen molar-refractivity contribution < 1.29 is 19.0 Å². The molecule has 6 heteroatoms. The van der Waals surface area contributed by atoms with Crippen LogP contribution in [0.1, 0.15) is 16.1 Å². The van der Waals surface area contributed by atoms with Gasteiger partial charge in [-0.2, -0.15) is 0 Å². The summed E-state index contributed by atoms with van der Waals surface area (Å²) in [5, 5.41) is 8.94. The summed E-state index contributed by atoms with van der Waals surface area (Å²) < 4.78 is 19.1. The molecular weight excluding hydrogens is 317 g/mol. The molecule has 0 radical (unpaired) electrons. The van der Waals surface area contributed by atoms with Gasteiger partial charge in [0.2, 0.25) is 5.88 Å². The molecule has 98 valence electrons. The van der Waals surface area contributed by atoms with Crippen LogP contribution >= 0.6 is 15.9 Å². The Bertz CT molecular complexity index is 626. The smallest absolute Gasteiger partial charge is 0.335 e. The summed E-state index contributed by atoms with van der Waals surface area (Å²) in [4.78, 5) is 15.0. The van der Waals surface area contributed by atoms with Crippen molar-refractivity contribution in [2.75, 3.05) is 0 Å². The van der Waals surface area contributed by atoms with E-state index in [2.05, 4.69) is 20.9 Å². The average molecular weight is 326 g/mol. The van der Waals surface area contributed by atoms with Gasteiger partial charge in [0.15, 0.2) is 0 Å². The Morgan fingerprint density at radius 2 is 2.05 bits per heavy atom. The number of ether oxygens (including phenoxy) is 1. The maximum Gasteiger partial charge on any atom is 0.335 e. The van der Waals surface area contributed by atoms with Crippen molar-refractivity contribution >= 4 is 21.9 Å². The fourth-order valence-corrected chi connectivity index (χ4v) is 1.97. The van der Waals surface area contributed by atoms with Crippen molar-refractivity contribution in [3.05, 3.63) is 51.9 Å². The van der Waals surface area contributed by atoms with E-state index in [1.165, 1.54) is 24.3 Å². The van der Waals surface area contributed by atoms with Crippen molar-refractivity contribution in [3.8, 4) is 11.6 Å². The number of nitrogens with zero attached hydrogens (tertiary/aromatic N) is 1. The van der Waals surface area contributed by atoms with Crippen LogP contribution in [0.2, 0.25) is 0 Å². The molecule has 0 saturated carbocycles. The predicted octanol–water partition coefficient (Wildman–Crippen LogP) is 3.78. The summed E-state index contributed by atoms with van der Waals surface area (Å²) in [5.41, 5.74) is 0.573. The van der Waals surface area contributed by atoms with Crippen LogP contribution in [0, 0.1) is 12.7 Å². The molecule has 19 heavy (non-hydrogen) atoms. The number of carbonyl (C=O) groups is 1. The van der Waals surface area contributed by atoms with Crippen molar-refractivity contribution in [3.63, 3.8) is 0 Å². The molecule has 0 amide bonds. The Morgan fingerprint density at radius 3 is 2.68 bits per heavy atom. The van der Waals surface area contributed by atoms with Gasteiger partial charge in [0, 0.05) is 22.3 Å². The lowest BCUT2D eigenvalue weighted by Crippen LogP contribution is -2.00. The predicted molar refractivity (Wildman–Crippen MR) is 70.1 cm³/mol. The second-order valence-corrected chi connectivity index (χ2v) is 4.76. The molecule has 0 atom stereocenters. The lowest BCUT2D eigenvalue weighted by molar-refractivity contribution is 0.0696. The lowest BCUT2D eigenvalue weighted by Gasteiger charge is -2.07. The van der Waals surface area contributed by atoms with Crippen LogP contribution in [0.15, 0.2) is 34.8 Å². The van der Waals surface area contributed by atoms with E-state index in [4.69, 9.17) is 9.84 Å². The molecule has 0 aliphatic carbocycles. The van der Waals surface area contributed by atoms with E-state index in [1.807, 2.05) is 0 Å². The number of carboxylic acid groups (broad SMARTS) is 1. The highest BCUT2D eigenvalue weighted by Crippen LogP contribution is 2.25. The molecule has 1 heterocycles. The molecule has 2 aromatic rings. The van der Waals surface area contributed by atoms with Gasteiger partial charge < -0.3 is 9.84 Å². The van der Waals surface area contributed by atoms with E-state index in [-0.39, 0.29) is 17.2 Å². The summed E-state index contributed by atoms with van der Waals surface area (Å²) in [6, 6.07) is 6.76. The third-order valence-corrected chi connectivity index (χ3v) is 2.69. The van der Waals surface area contributed by atoms with Crippen LogP contribution in [-0.4, -0.2) is 16.1 Å². The maximum absolute atomic E-state index is 13.2. The molecule has 1 aromatic heterocycles. The average Bonchev–Trinajstić information content (AvgIpc) is 2.26. The first kappa shape index (κ1) is 13.5. The van der Waals surface area contributed by atoms with Crippen LogP contribution in [0.25, 0.3) is 0 Å². The van der Waals surface area contributed by atoms with Crippen molar-refractivity contribution in [2.24, 2.45) is 0 Å². The largest absolute Gasteiger partial charge is 0.478 e. The van der Waals surface area contributed by atoms with Crippen LogP contribution in [0.5, 0.6) is 11.6 Å². The SMILES string of the molecule is Cc1cc(C(=O)O)cc(Oc2cc(F)cc(Br)c2)n1. The second kappa shape index (κ2) is 5.36. The van der Waals surface area contributed by atoms with Gasteiger partial charge in [-0.15, -0.1) is 0 Å². The number of benzene rings is 1. The van der Waals surface area contributed by atoms with Gasteiger partial charge in [0.1, 0.15) is 11.6 Å². The minimum absolute atomic E-state index is 0.0676. The monoisotopic (exact) mass is 325 g/mol. The molecule has 1 N–H and O–H groups in total. The number of aryl methyl sites for hydroxylation is 1.